The zero-order chi connectivity index (χ0) is 19.3. The maximum Gasteiger partial charge on any atom is 0.196 e. The fourth-order valence-corrected chi connectivity index (χ4v) is 3.65. The molecule has 0 saturated carbocycles. The fraction of sp³-hybridized carbons (Fsp3) is 0.0909. The van der Waals surface area contributed by atoms with Crippen molar-refractivity contribution in [1.29, 1.82) is 0 Å². The molecule has 0 amide bonds. The molecule has 0 aliphatic carbocycles. The molecule has 2 aromatic carbocycles. The normalized spacial score (nSPS) is 10.8. The number of Topliss-reactive ketones (excluding diaryl/α,β-unsaturated/α-hetero) is 1. The zero-order valence-electron chi connectivity index (χ0n) is 15.3. The van der Waals surface area contributed by atoms with Crippen LogP contribution in [0.4, 0.5) is 0 Å². The first-order chi connectivity index (χ1) is 13.7. The van der Waals surface area contributed by atoms with Gasteiger partial charge < -0.3 is 0 Å². The Morgan fingerprint density at radius 1 is 0.964 bits per heavy atom. The van der Waals surface area contributed by atoms with Crippen molar-refractivity contribution >= 4 is 17.5 Å². The molecule has 4 rings (SSSR count). The molecule has 0 N–H and O–H groups in total. The van der Waals surface area contributed by atoms with Crippen LogP contribution in [0.1, 0.15) is 15.9 Å². The molecule has 0 atom stereocenters. The van der Waals surface area contributed by atoms with E-state index in [2.05, 4.69) is 15.2 Å². The van der Waals surface area contributed by atoms with E-state index in [0.717, 1.165) is 16.8 Å². The molecule has 2 aromatic heterocycles. The molecule has 4 aromatic rings. The van der Waals surface area contributed by atoms with Crippen molar-refractivity contribution in [3.8, 4) is 17.1 Å². The second-order valence-corrected chi connectivity index (χ2v) is 7.24. The van der Waals surface area contributed by atoms with Crippen LogP contribution in [-0.2, 0) is 0 Å². The van der Waals surface area contributed by atoms with Crippen molar-refractivity contribution in [2.45, 2.75) is 12.1 Å². The van der Waals surface area contributed by atoms with Crippen molar-refractivity contribution in [2.75, 3.05) is 5.75 Å². The number of carbonyl (C=O) groups excluding carboxylic acids is 1. The topological polar surface area (TPSA) is 60.7 Å². The molecule has 5 nitrogen and oxygen atoms in total. The predicted molar refractivity (Wildman–Crippen MR) is 111 cm³/mol. The molecule has 0 spiro atoms. The highest BCUT2D eigenvalue weighted by atomic mass is 32.2. The first-order valence-electron chi connectivity index (χ1n) is 8.86. The second-order valence-electron chi connectivity index (χ2n) is 6.30. The van der Waals surface area contributed by atoms with Crippen LogP contribution in [0.5, 0.6) is 0 Å². The number of thioether (sulfide) groups is 1. The Labute approximate surface area is 167 Å². The van der Waals surface area contributed by atoms with Gasteiger partial charge in [-0.25, -0.2) is 0 Å². The van der Waals surface area contributed by atoms with E-state index in [-0.39, 0.29) is 5.78 Å². The molecule has 0 radical (unpaired) electrons. The standard InChI is InChI=1S/C22H18N4OS/c1-16-9-11-17(12-10-16)20(27)15-28-22-25-24-21(18-6-5-13-23-14-18)26(22)19-7-3-2-4-8-19/h2-14H,15H2,1H3. The number of pyridine rings is 1. The van der Waals surface area contributed by atoms with Gasteiger partial charge in [-0.2, -0.15) is 0 Å². The average Bonchev–Trinajstić information content (AvgIpc) is 3.18. The summed E-state index contributed by atoms with van der Waals surface area (Å²) >= 11 is 1.38. The van der Waals surface area contributed by atoms with E-state index in [9.17, 15) is 4.79 Å². The van der Waals surface area contributed by atoms with E-state index in [1.807, 2.05) is 78.2 Å². The molecular formula is C22H18N4OS. The molecule has 0 aliphatic rings. The third kappa shape index (κ3) is 3.87. The minimum absolute atomic E-state index is 0.0653. The first-order valence-corrected chi connectivity index (χ1v) is 9.85. The fourth-order valence-electron chi connectivity index (χ4n) is 2.81. The summed E-state index contributed by atoms with van der Waals surface area (Å²) < 4.78 is 1.96. The number of rotatable bonds is 6. The Balaban J connectivity index is 1.65. The van der Waals surface area contributed by atoms with E-state index >= 15 is 0 Å². The highest BCUT2D eigenvalue weighted by Crippen LogP contribution is 2.28. The van der Waals surface area contributed by atoms with Crippen molar-refractivity contribution in [3.63, 3.8) is 0 Å². The number of hydrogen-bond donors (Lipinski definition) is 0. The lowest BCUT2D eigenvalue weighted by atomic mass is 10.1. The Bertz CT molecular complexity index is 1080. The van der Waals surface area contributed by atoms with Gasteiger partial charge in [-0.05, 0) is 31.2 Å². The highest BCUT2D eigenvalue weighted by Gasteiger charge is 2.17. The minimum atomic E-state index is 0.0653. The SMILES string of the molecule is Cc1ccc(C(=O)CSc2nnc(-c3cccnc3)n2-c2ccccc2)cc1. The summed E-state index contributed by atoms with van der Waals surface area (Å²) in [6, 6.07) is 21.3. The largest absolute Gasteiger partial charge is 0.293 e. The lowest BCUT2D eigenvalue weighted by Gasteiger charge is -2.10. The quantitative estimate of drug-likeness (QED) is 0.358. The van der Waals surface area contributed by atoms with Crippen LogP contribution < -0.4 is 0 Å². The van der Waals surface area contributed by atoms with Crippen LogP contribution in [0, 0.1) is 6.92 Å². The molecule has 28 heavy (non-hydrogen) atoms. The Hall–Kier alpha value is -3.25. The van der Waals surface area contributed by atoms with Gasteiger partial charge in [0.1, 0.15) is 0 Å². The summed E-state index contributed by atoms with van der Waals surface area (Å²) in [5.41, 5.74) is 3.65. The van der Waals surface area contributed by atoms with Gasteiger partial charge in [0.15, 0.2) is 16.8 Å². The molecule has 0 bridgehead atoms. The number of nitrogens with zero attached hydrogens (tertiary/aromatic N) is 4. The van der Waals surface area contributed by atoms with E-state index in [1.54, 1.807) is 12.4 Å². The van der Waals surface area contributed by atoms with Crippen LogP contribution in [0.3, 0.4) is 0 Å². The monoisotopic (exact) mass is 386 g/mol. The molecule has 0 aliphatic heterocycles. The zero-order valence-corrected chi connectivity index (χ0v) is 16.1. The van der Waals surface area contributed by atoms with Gasteiger partial charge in [0.25, 0.3) is 0 Å². The van der Waals surface area contributed by atoms with Crippen LogP contribution in [0.25, 0.3) is 17.1 Å². The maximum absolute atomic E-state index is 12.6. The summed E-state index contributed by atoms with van der Waals surface area (Å²) in [6.07, 6.45) is 3.48. The molecule has 138 valence electrons. The van der Waals surface area contributed by atoms with Gasteiger partial charge in [0, 0.05) is 29.2 Å². The van der Waals surface area contributed by atoms with Gasteiger partial charge in [-0.15, -0.1) is 10.2 Å². The molecular weight excluding hydrogens is 368 g/mol. The summed E-state index contributed by atoms with van der Waals surface area (Å²) in [6.45, 7) is 2.01. The average molecular weight is 386 g/mol. The van der Waals surface area contributed by atoms with Gasteiger partial charge >= 0.3 is 0 Å². The number of ketones is 1. The summed E-state index contributed by atoms with van der Waals surface area (Å²) in [5, 5.41) is 9.38. The number of carbonyl (C=O) groups is 1. The van der Waals surface area contributed by atoms with E-state index in [1.165, 1.54) is 11.8 Å². The van der Waals surface area contributed by atoms with Crippen LogP contribution in [-0.4, -0.2) is 31.3 Å². The smallest absolute Gasteiger partial charge is 0.196 e. The number of aryl methyl sites for hydroxylation is 1. The number of hydrogen-bond acceptors (Lipinski definition) is 5. The number of benzene rings is 2. The van der Waals surface area contributed by atoms with E-state index in [4.69, 9.17) is 0 Å². The lowest BCUT2D eigenvalue weighted by molar-refractivity contribution is 0.102. The minimum Gasteiger partial charge on any atom is -0.293 e. The summed E-state index contributed by atoms with van der Waals surface area (Å²) in [7, 11) is 0. The predicted octanol–water partition coefficient (Wildman–Crippen LogP) is 4.61. The lowest BCUT2D eigenvalue weighted by Crippen LogP contribution is -2.05. The van der Waals surface area contributed by atoms with Crippen molar-refractivity contribution in [3.05, 3.63) is 90.3 Å². The third-order valence-corrected chi connectivity index (χ3v) is 5.20. The number of aromatic nitrogens is 4. The van der Waals surface area contributed by atoms with Gasteiger partial charge in [-0.3, -0.25) is 14.3 Å². The van der Waals surface area contributed by atoms with E-state index < -0.39 is 0 Å². The van der Waals surface area contributed by atoms with Crippen molar-refractivity contribution < 1.29 is 4.79 Å². The van der Waals surface area contributed by atoms with Crippen LogP contribution >= 0.6 is 11.8 Å². The first kappa shape index (κ1) is 18.1. The highest BCUT2D eigenvalue weighted by molar-refractivity contribution is 7.99. The second kappa shape index (κ2) is 8.19. The van der Waals surface area contributed by atoms with Crippen LogP contribution in [0.15, 0.2) is 84.3 Å². The molecule has 2 heterocycles. The van der Waals surface area contributed by atoms with Gasteiger partial charge in [-0.1, -0.05) is 59.8 Å². The van der Waals surface area contributed by atoms with E-state index in [0.29, 0.717) is 22.3 Å². The van der Waals surface area contributed by atoms with Gasteiger partial charge in [0.2, 0.25) is 0 Å². The van der Waals surface area contributed by atoms with Crippen molar-refractivity contribution in [2.24, 2.45) is 0 Å². The van der Waals surface area contributed by atoms with Crippen molar-refractivity contribution in [1.82, 2.24) is 19.7 Å². The number of para-hydroxylation sites is 1. The molecule has 0 fully saturated rings. The maximum atomic E-state index is 12.6. The van der Waals surface area contributed by atoms with Crippen LogP contribution in [0.2, 0.25) is 0 Å². The summed E-state index contributed by atoms with van der Waals surface area (Å²) in [4.78, 5) is 16.7. The molecule has 0 saturated heterocycles. The Morgan fingerprint density at radius 3 is 2.46 bits per heavy atom. The summed E-state index contributed by atoms with van der Waals surface area (Å²) in [5.74, 6) is 1.06. The Kier molecular flexibility index (Phi) is 5.30. The third-order valence-electron chi connectivity index (χ3n) is 4.27. The molecule has 0 unspecified atom stereocenters. The Morgan fingerprint density at radius 2 is 1.75 bits per heavy atom. The molecule has 6 heteroatoms. The van der Waals surface area contributed by atoms with Gasteiger partial charge in [0.05, 0.1) is 5.75 Å².